The van der Waals surface area contributed by atoms with Crippen molar-refractivity contribution in [2.45, 2.75) is 39.3 Å². The summed E-state index contributed by atoms with van der Waals surface area (Å²) >= 11 is 3.66. The monoisotopic (exact) mass is 353 g/mol. The number of hydrogen-bond donors (Lipinski definition) is 2. The molecule has 0 bridgehead atoms. The molecule has 21 heavy (non-hydrogen) atoms. The standard InChI is InChI=1S/C16H24BrN3O/c1-4-7-18-11-12-5-6-14(13(17)10-12)20-9-8-19-15(21)16(20,2)3/h5-6,10,18H,4,7-9,11H2,1-3H3,(H,19,21). The lowest BCUT2D eigenvalue weighted by molar-refractivity contribution is -0.126. The first-order chi connectivity index (χ1) is 9.96. The maximum absolute atomic E-state index is 12.1. The highest BCUT2D eigenvalue weighted by atomic mass is 79.9. The average molecular weight is 354 g/mol. The predicted molar refractivity (Wildman–Crippen MR) is 90.6 cm³/mol. The molecule has 1 saturated heterocycles. The van der Waals surface area contributed by atoms with Crippen LogP contribution in [-0.4, -0.2) is 31.1 Å². The third-order valence-electron chi connectivity index (χ3n) is 3.91. The van der Waals surface area contributed by atoms with Crippen LogP contribution in [0, 0.1) is 0 Å². The summed E-state index contributed by atoms with van der Waals surface area (Å²) in [7, 11) is 0. The number of anilines is 1. The molecule has 0 aromatic heterocycles. The van der Waals surface area contributed by atoms with E-state index in [9.17, 15) is 4.79 Å². The van der Waals surface area contributed by atoms with E-state index in [0.29, 0.717) is 6.54 Å². The molecule has 1 aromatic carbocycles. The molecule has 0 unspecified atom stereocenters. The van der Waals surface area contributed by atoms with E-state index >= 15 is 0 Å². The molecule has 1 fully saturated rings. The van der Waals surface area contributed by atoms with E-state index < -0.39 is 5.54 Å². The van der Waals surface area contributed by atoms with Gasteiger partial charge in [-0.05, 0) is 60.4 Å². The SMILES string of the molecule is CCCNCc1ccc(N2CCNC(=O)C2(C)C)c(Br)c1. The lowest BCUT2D eigenvalue weighted by Gasteiger charge is -2.43. The third kappa shape index (κ3) is 3.58. The second-order valence-corrected chi connectivity index (χ2v) is 6.78. The second-order valence-electron chi connectivity index (χ2n) is 5.93. The van der Waals surface area contributed by atoms with E-state index in [4.69, 9.17) is 0 Å². The van der Waals surface area contributed by atoms with E-state index in [1.54, 1.807) is 0 Å². The molecule has 1 amide bonds. The summed E-state index contributed by atoms with van der Waals surface area (Å²) in [6.07, 6.45) is 1.14. The molecule has 5 heteroatoms. The summed E-state index contributed by atoms with van der Waals surface area (Å²) < 4.78 is 1.04. The van der Waals surface area contributed by atoms with Gasteiger partial charge in [0.05, 0.1) is 5.69 Å². The number of hydrogen-bond acceptors (Lipinski definition) is 3. The topological polar surface area (TPSA) is 44.4 Å². The van der Waals surface area contributed by atoms with E-state index in [2.05, 4.69) is 56.6 Å². The molecule has 116 valence electrons. The number of nitrogens with zero attached hydrogens (tertiary/aromatic N) is 1. The first-order valence-corrected chi connectivity index (χ1v) is 8.31. The molecule has 1 aromatic rings. The van der Waals surface area contributed by atoms with Crippen LogP contribution in [0.25, 0.3) is 0 Å². The number of amides is 1. The van der Waals surface area contributed by atoms with Crippen molar-refractivity contribution in [1.29, 1.82) is 0 Å². The zero-order valence-electron chi connectivity index (χ0n) is 13.0. The Labute approximate surface area is 135 Å². The summed E-state index contributed by atoms with van der Waals surface area (Å²) in [5.41, 5.74) is 1.80. The zero-order chi connectivity index (χ0) is 15.5. The minimum absolute atomic E-state index is 0.0781. The van der Waals surface area contributed by atoms with Gasteiger partial charge < -0.3 is 15.5 Å². The van der Waals surface area contributed by atoms with Crippen LogP contribution in [0.1, 0.15) is 32.8 Å². The Hall–Kier alpha value is -1.07. The van der Waals surface area contributed by atoms with Gasteiger partial charge in [-0.1, -0.05) is 13.0 Å². The van der Waals surface area contributed by atoms with E-state index in [0.717, 1.165) is 36.2 Å². The Kier molecular flexibility index (Phi) is 5.27. The lowest BCUT2D eigenvalue weighted by atomic mass is 9.97. The van der Waals surface area contributed by atoms with Gasteiger partial charge in [-0.25, -0.2) is 0 Å². The van der Waals surface area contributed by atoms with Crippen LogP contribution >= 0.6 is 15.9 Å². The number of piperazine rings is 1. The summed E-state index contributed by atoms with van der Waals surface area (Å²) in [6, 6.07) is 6.37. The van der Waals surface area contributed by atoms with Crippen molar-refractivity contribution >= 4 is 27.5 Å². The van der Waals surface area contributed by atoms with E-state index in [-0.39, 0.29) is 5.91 Å². The summed E-state index contributed by atoms with van der Waals surface area (Å²) in [5, 5.41) is 6.33. The molecule has 1 heterocycles. The smallest absolute Gasteiger partial charge is 0.245 e. The molecule has 0 saturated carbocycles. The summed E-state index contributed by atoms with van der Waals surface area (Å²) in [4.78, 5) is 14.2. The Bertz CT molecular complexity index is 516. The minimum atomic E-state index is -0.525. The molecular weight excluding hydrogens is 330 g/mol. The largest absolute Gasteiger partial charge is 0.355 e. The number of halogens is 1. The maximum Gasteiger partial charge on any atom is 0.245 e. The van der Waals surface area contributed by atoms with Gasteiger partial charge >= 0.3 is 0 Å². The molecule has 0 atom stereocenters. The van der Waals surface area contributed by atoms with Gasteiger partial charge in [0.25, 0.3) is 0 Å². The molecule has 2 N–H and O–H groups in total. The normalized spacial score (nSPS) is 17.7. The van der Waals surface area contributed by atoms with Gasteiger partial charge in [0.1, 0.15) is 5.54 Å². The first-order valence-electron chi connectivity index (χ1n) is 7.52. The second kappa shape index (κ2) is 6.79. The van der Waals surface area contributed by atoms with Crippen molar-refractivity contribution < 1.29 is 4.79 Å². The highest BCUT2D eigenvalue weighted by Gasteiger charge is 2.38. The quantitative estimate of drug-likeness (QED) is 0.799. The molecule has 0 spiro atoms. The summed E-state index contributed by atoms with van der Waals surface area (Å²) in [6.45, 7) is 9.50. The third-order valence-corrected chi connectivity index (χ3v) is 4.55. The van der Waals surface area contributed by atoms with Gasteiger partial charge in [-0.15, -0.1) is 0 Å². The molecule has 1 aliphatic rings. The van der Waals surface area contributed by atoms with E-state index in [1.165, 1.54) is 5.56 Å². The number of carbonyl (C=O) groups excluding carboxylic acids is 1. The van der Waals surface area contributed by atoms with Gasteiger partial charge in [0, 0.05) is 24.1 Å². The molecular formula is C16H24BrN3O. The molecule has 0 aliphatic carbocycles. The average Bonchev–Trinajstić information content (AvgIpc) is 2.43. The Morgan fingerprint density at radius 3 is 2.86 bits per heavy atom. The van der Waals surface area contributed by atoms with Crippen LogP contribution in [0.15, 0.2) is 22.7 Å². The Balaban J connectivity index is 2.18. The minimum Gasteiger partial charge on any atom is -0.355 e. The van der Waals surface area contributed by atoms with Crippen molar-refractivity contribution in [3.05, 3.63) is 28.2 Å². The van der Waals surface area contributed by atoms with Gasteiger partial charge in [0.2, 0.25) is 5.91 Å². The van der Waals surface area contributed by atoms with Crippen LogP contribution in [0.3, 0.4) is 0 Å². The highest BCUT2D eigenvalue weighted by molar-refractivity contribution is 9.10. The van der Waals surface area contributed by atoms with Crippen LogP contribution in [0.2, 0.25) is 0 Å². The van der Waals surface area contributed by atoms with Crippen LogP contribution in [-0.2, 0) is 11.3 Å². The molecule has 1 aliphatic heterocycles. The zero-order valence-corrected chi connectivity index (χ0v) is 14.6. The maximum atomic E-state index is 12.1. The van der Waals surface area contributed by atoms with Crippen molar-refractivity contribution in [3.8, 4) is 0 Å². The predicted octanol–water partition coefficient (Wildman–Crippen LogP) is 2.66. The van der Waals surface area contributed by atoms with Crippen molar-refractivity contribution in [3.63, 3.8) is 0 Å². The number of nitrogens with one attached hydrogen (secondary N) is 2. The lowest BCUT2D eigenvalue weighted by Crippen LogP contribution is -2.62. The van der Waals surface area contributed by atoms with E-state index in [1.807, 2.05) is 13.8 Å². The van der Waals surface area contributed by atoms with Crippen LogP contribution in [0.5, 0.6) is 0 Å². The van der Waals surface area contributed by atoms with Crippen molar-refractivity contribution in [2.75, 3.05) is 24.5 Å². The highest BCUT2D eigenvalue weighted by Crippen LogP contribution is 2.33. The first kappa shape index (κ1) is 16.3. The van der Waals surface area contributed by atoms with Crippen molar-refractivity contribution in [2.24, 2.45) is 0 Å². The fourth-order valence-electron chi connectivity index (χ4n) is 2.61. The Morgan fingerprint density at radius 1 is 1.43 bits per heavy atom. The van der Waals surface area contributed by atoms with Crippen molar-refractivity contribution in [1.82, 2.24) is 10.6 Å². The number of rotatable bonds is 5. The number of carbonyl (C=O) groups is 1. The van der Waals surface area contributed by atoms with Crippen LogP contribution in [0.4, 0.5) is 5.69 Å². The molecule has 0 radical (unpaired) electrons. The molecule has 4 nitrogen and oxygen atoms in total. The van der Waals surface area contributed by atoms with Gasteiger partial charge in [-0.3, -0.25) is 4.79 Å². The van der Waals surface area contributed by atoms with Crippen LogP contribution < -0.4 is 15.5 Å². The van der Waals surface area contributed by atoms with Gasteiger partial charge in [0.15, 0.2) is 0 Å². The van der Waals surface area contributed by atoms with Gasteiger partial charge in [-0.2, -0.15) is 0 Å². The molecule has 2 rings (SSSR count). The number of benzene rings is 1. The summed E-state index contributed by atoms with van der Waals surface area (Å²) in [5.74, 6) is 0.0781. The fourth-order valence-corrected chi connectivity index (χ4v) is 3.25. The Morgan fingerprint density at radius 2 is 2.19 bits per heavy atom. The fraction of sp³-hybridized carbons (Fsp3) is 0.562.